The lowest BCUT2D eigenvalue weighted by Gasteiger charge is -2.11. The number of nitrogens with zero attached hydrogens (tertiary/aromatic N) is 4. The van der Waals surface area contributed by atoms with Gasteiger partial charge in [0.1, 0.15) is 11.3 Å². The second-order valence-corrected chi connectivity index (χ2v) is 6.27. The molecule has 4 aromatic rings. The van der Waals surface area contributed by atoms with Crippen molar-refractivity contribution in [1.82, 2.24) is 18.9 Å². The maximum atomic E-state index is 13.7. The Morgan fingerprint density at radius 3 is 2.52 bits per heavy atom. The third-order valence-electron chi connectivity index (χ3n) is 4.40. The second kappa shape index (κ2) is 7.04. The minimum absolute atomic E-state index is 0.108. The highest BCUT2D eigenvalue weighted by molar-refractivity contribution is 5.92. The van der Waals surface area contributed by atoms with Crippen molar-refractivity contribution in [2.24, 2.45) is 5.73 Å². The first kappa shape index (κ1) is 18.7. The molecule has 0 saturated heterocycles. The molecule has 0 fully saturated rings. The van der Waals surface area contributed by atoms with Gasteiger partial charge in [0, 0.05) is 17.3 Å². The monoisotopic (exact) mass is 403 g/mol. The van der Waals surface area contributed by atoms with E-state index in [4.69, 9.17) is 5.73 Å². The number of hydrogen-bond donors (Lipinski definition) is 1. The number of benzene rings is 1. The molecule has 1 amide bonds. The summed E-state index contributed by atoms with van der Waals surface area (Å²) >= 11 is 0. The summed E-state index contributed by atoms with van der Waals surface area (Å²) in [5.74, 6) is -2.83. The maximum absolute atomic E-state index is 13.7. The molecule has 0 radical (unpaired) electrons. The van der Waals surface area contributed by atoms with Gasteiger partial charge in [0.15, 0.2) is 11.6 Å². The lowest BCUT2D eigenvalue weighted by Crippen LogP contribution is -2.13. The molecule has 0 bridgehead atoms. The largest absolute Gasteiger partial charge is 0.364 e. The first-order valence-electron chi connectivity index (χ1n) is 8.41. The highest BCUT2D eigenvalue weighted by Gasteiger charge is 2.20. The van der Waals surface area contributed by atoms with Crippen LogP contribution in [0.25, 0.3) is 28.2 Å². The highest BCUT2D eigenvalue weighted by atomic mass is 19.3. The first-order valence-corrected chi connectivity index (χ1v) is 8.41. The van der Waals surface area contributed by atoms with Crippen LogP contribution in [-0.4, -0.2) is 31.3 Å². The van der Waals surface area contributed by atoms with Crippen LogP contribution in [0.5, 0.6) is 0 Å². The summed E-state index contributed by atoms with van der Waals surface area (Å²) < 4.78 is 55.9. The van der Waals surface area contributed by atoms with Crippen molar-refractivity contribution in [3.05, 3.63) is 66.4 Å². The summed E-state index contributed by atoms with van der Waals surface area (Å²) in [6, 6.07) is 6.37. The average Bonchev–Trinajstić information content (AvgIpc) is 3.27. The molecule has 1 aromatic carbocycles. The Balaban J connectivity index is 1.94. The van der Waals surface area contributed by atoms with E-state index in [0.29, 0.717) is 11.2 Å². The second-order valence-electron chi connectivity index (χ2n) is 6.27. The maximum Gasteiger partial charge on any atom is 0.267 e. The van der Waals surface area contributed by atoms with E-state index in [-0.39, 0.29) is 22.6 Å². The van der Waals surface area contributed by atoms with Crippen molar-refractivity contribution < 1.29 is 22.4 Å². The van der Waals surface area contributed by atoms with Crippen LogP contribution in [-0.2, 0) is 6.54 Å². The van der Waals surface area contributed by atoms with Gasteiger partial charge in [-0.05, 0) is 30.3 Å². The number of halogens is 4. The molecule has 6 nitrogen and oxygen atoms in total. The third-order valence-corrected chi connectivity index (χ3v) is 4.40. The molecule has 3 aromatic heterocycles. The molecule has 0 atom stereocenters. The summed E-state index contributed by atoms with van der Waals surface area (Å²) in [7, 11) is 0. The Hall–Kier alpha value is -3.69. The van der Waals surface area contributed by atoms with Crippen LogP contribution in [0, 0.1) is 11.6 Å². The van der Waals surface area contributed by atoms with Crippen molar-refractivity contribution in [2.75, 3.05) is 0 Å². The standard InChI is InChI=1S/C19H13F4N5O/c20-12-3-1-10(5-13(12)21)17-18(27(9-26-17)8-15(22)23)11-2-4-16-25-6-14(19(24)29)28(16)7-11/h1-7,9,15H,8H2,(H2,24,29). The van der Waals surface area contributed by atoms with Crippen LogP contribution in [0.3, 0.4) is 0 Å². The van der Waals surface area contributed by atoms with E-state index in [2.05, 4.69) is 9.97 Å². The van der Waals surface area contributed by atoms with E-state index in [9.17, 15) is 22.4 Å². The predicted molar refractivity (Wildman–Crippen MR) is 96.3 cm³/mol. The molecule has 0 aliphatic carbocycles. The van der Waals surface area contributed by atoms with Gasteiger partial charge in [0.05, 0.1) is 30.5 Å². The van der Waals surface area contributed by atoms with Crippen LogP contribution in [0.2, 0.25) is 0 Å². The van der Waals surface area contributed by atoms with Gasteiger partial charge in [-0.2, -0.15) is 0 Å². The normalized spacial score (nSPS) is 11.5. The molecular formula is C19H13F4N5O. The van der Waals surface area contributed by atoms with Crippen molar-refractivity contribution in [3.63, 3.8) is 0 Å². The molecule has 0 aliphatic heterocycles. The van der Waals surface area contributed by atoms with E-state index in [1.807, 2.05) is 0 Å². The zero-order valence-electron chi connectivity index (χ0n) is 14.7. The Morgan fingerprint density at radius 1 is 1.07 bits per heavy atom. The number of carbonyl (C=O) groups excluding carboxylic acids is 1. The molecule has 3 heterocycles. The smallest absolute Gasteiger partial charge is 0.267 e. The van der Waals surface area contributed by atoms with Gasteiger partial charge in [0.2, 0.25) is 0 Å². The summed E-state index contributed by atoms with van der Waals surface area (Å²) in [6.07, 6.45) is 1.34. The van der Waals surface area contributed by atoms with Gasteiger partial charge in [-0.25, -0.2) is 27.5 Å². The Bertz CT molecular complexity index is 1230. The lowest BCUT2D eigenvalue weighted by molar-refractivity contribution is 0.0994. The zero-order chi connectivity index (χ0) is 20.7. The van der Waals surface area contributed by atoms with Crippen LogP contribution in [0.1, 0.15) is 10.5 Å². The number of primary amides is 1. The van der Waals surface area contributed by atoms with Crippen molar-refractivity contribution in [1.29, 1.82) is 0 Å². The molecule has 4 rings (SSSR count). The molecule has 2 N–H and O–H groups in total. The van der Waals surface area contributed by atoms with E-state index in [1.54, 1.807) is 12.1 Å². The number of alkyl halides is 2. The predicted octanol–water partition coefficient (Wildman–Crippen LogP) is 3.51. The number of amides is 1. The Kier molecular flexibility index (Phi) is 4.53. The van der Waals surface area contributed by atoms with Gasteiger partial charge in [0.25, 0.3) is 12.3 Å². The molecule has 148 valence electrons. The number of hydrogen-bond acceptors (Lipinski definition) is 3. The molecule has 10 heteroatoms. The third kappa shape index (κ3) is 3.33. The Morgan fingerprint density at radius 2 is 1.83 bits per heavy atom. The lowest BCUT2D eigenvalue weighted by atomic mass is 10.1. The number of carbonyl (C=O) groups is 1. The van der Waals surface area contributed by atoms with Gasteiger partial charge in [-0.15, -0.1) is 0 Å². The number of imidazole rings is 2. The van der Waals surface area contributed by atoms with E-state index < -0.39 is 30.5 Å². The quantitative estimate of drug-likeness (QED) is 0.518. The number of fused-ring (bicyclic) bond motifs is 1. The topological polar surface area (TPSA) is 78.2 Å². The average molecular weight is 403 g/mol. The van der Waals surface area contributed by atoms with Crippen LogP contribution < -0.4 is 5.73 Å². The van der Waals surface area contributed by atoms with Crippen molar-refractivity contribution in [2.45, 2.75) is 13.0 Å². The summed E-state index contributed by atoms with van der Waals surface area (Å²) in [6.45, 7) is -0.656. The van der Waals surface area contributed by atoms with E-state index >= 15 is 0 Å². The van der Waals surface area contributed by atoms with E-state index in [1.165, 1.54) is 33.8 Å². The fourth-order valence-electron chi connectivity index (χ4n) is 3.13. The minimum Gasteiger partial charge on any atom is -0.364 e. The summed E-state index contributed by atoms with van der Waals surface area (Å²) in [5, 5.41) is 0. The fraction of sp³-hybridized carbons (Fsp3) is 0.105. The minimum atomic E-state index is -2.67. The summed E-state index contributed by atoms with van der Waals surface area (Å²) in [5.41, 5.74) is 6.95. The number of aromatic nitrogens is 4. The molecule has 0 spiro atoms. The number of nitrogens with two attached hydrogens (primary N) is 1. The van der Waals surface area contributed by atoms with Crippen molar-refractivity contribution in [3.8, 4) is 22.5 Å². The van der Waals surface area contributed by atoms with E-state index in [0.717, 1.165) is 12.1 Å². The first-order chi connectivity index (χ1) is 13.8. The van der Waals surface area contributed by atoms with Crippen LogP contribution in [0.4, 0.5) is 17.6 Å². The van der Waals surface area contributed by atoms with Gasteiger partial charge < -0.3 is 10.3 Å². The molecule has 0 saturated carbocycles. The zero-order valence-corrected chi connectivity index (χ0v) is 14.7. The summed E-state index contributed by atoms with van der Waals surface area (Å²) in [4.78, 5) is 19.8. The highest BCUT2D eigenvalue weighted by Crippen LogP contribution is 2.33. The molecular weight excluding hydrogens is 390 g/mol. The number of pyridine rings is 1. The van der Waals surface area contributed by atoms with Gasteiger partial charge in [-0.3, -0.25) is 9.20 Å². The van der Waals surface area contributed by atoms with Crippen LogP contribution >= 0.6 is 0 Å². The Labute approximate surface area is 161 Å². The van der Waals surface area contributed by atoms with Gasteiger partial charge in [-0.1, -0.05) is 0 Å². The number of rotatable bonds is 5. The van der Waals surface area contributed by atoms with Crippen molar-refractivity contribution >= 4 is 11.6 Å². The van der Waals surface area contributed by atoms with Crippen LogP contribution in [0.15, 0.2) is 49.1 Å². The van der Waals surface area contributed by atoms with Gasteiger partial charge >= 0.3 is 0 Å². The fourth-order valence-corrected chi connectivity index (χ4v) is 3.13. The molecule has 0 unspecified atom stereocenters. The molecule has 0 aliphatic rings. The SMILES string of the molecule is NC(=O)c1cnc2ccc(-c3c(-c4ccc(F)c(F)c4)ncn3CC(F)F)cn12. The molecule has 29 heavy (non-hydrogen) atoms.